The molecule has 1 saturated heterocycles. The summed E-state index contributed by atoms with van der Waals surface area (Å²) in [5.41, 5.74) is 1.62. The summed E-state index contributed by atoms with van der Waals surface area (Å²) >= 11 is 0. The fourth-order valence-electron chi connectivity index (χ4n) is 5.05. The van der Waals surface area contributed by atoms with E-state index < -0.39 is 22.0 Å². The smallest absolute Gasteiger partial charge is 0.263 e. The van der Waals surface area contributed by atoms with Gasteiger partial charge in [0.25, 0.3) is 11.8 Å². The first-order chi connectivity index (χ1) is 19.4. The maximum Gasteiger partial charge on any atom is 0.263 e. The fourth-order valence-corrected chi connectivity index (χ4v) is 6.75. The lowest BCUT2D eigenvalue weighted by molar-refractivity contribution is -0.128. The average molecular weight is 564 g/mol. The van der Waals surface area contributed by atoms with Crippen molar-refractivity contribution in [1.82, 2.24) is 9.62 Å². The van der Waals surface area contributed by atoms with Crippen LogP contribution >= 0.6 is 0 Å². The van der Waals surface area contributed by atoms with Gasteiger partial charge < -0.3 is 19.7 Å². The third kappa shape index (κ3) is 5.83. The second kappa shape index (κ2) is 12.1. The fraction of sp³-hybridized carbons (Fsp3) is 0.333. The van der Waals surface area contributed by atoms with Crippen LogP contribution in [0.1, 0.15) is 41.6 Å². The number of carbonyl (C=O) groups excluding carboxylic acids is 2. The van der Waals surface area contributed by atoms with Crippen molar-refractivity contribution in [1.29, 1.82) is 0 Å². The topological polar surface area (TPSA) is 105 Å². The Kier molecular flexibility index (Phi) is 8.37. The molecule has 0 unspecified atom stereocenters. The van der Waals surface area contributed by atoms with Crippen LogP contribution in [0.5, 0.6) is 11.5 Å². The second-order valence-electron chi connectivity index (χ2n) is 9.88. The molecule has 1 atom stereocenters. The van der Waals surface area contributed by atoms with E-state index in [9.17, 15) is 18.0 Å². The number of sulfonamides is 1. The molecule has 0 saturated carbocycles. The Balaban J connectivity index is 1.42. The minimum atomic E-state index is -3.88. The molecule has 2 amide bonds. The van der Waals surface area contributed by atoms with Crippen LogP contribution in [0.15, 0.2) is 77.7 Å². The van der Waals surface area contributed by atoms with E-state index in [0.717, 1.165) is 31.2 Å². The summed E-state index contributed by atoms with van der Waals surface area (Å²) < 4.78 is 40.1. The monoisotopic (exact) mass is 563 g/mol. The maximum absolute atomic E-state index is 13.9. The zero-order chi connectivity index (χ0) is 28.1. The number of nitrogens with zero attached hydrogens (tertiary/aromatic N) is 2. The highest BCUT2D eigenvalue weighted by molar-refractivity contribution is 7.89. The van der Waals surface area contributed by atoms with E-state index in [1.54, 1.807) is 30.3 Å². The number of hydrogen-bond acceptors (Lipinski definition) is 6. The Bertz CT molecular complexity index is 1470. The van der Waals surface area contributed by atoms with Crippen LogP contribution in [0.4, 0.5) is 5.69 Å². The van der Waals surface area contributed by atoms with Gasteiger partial charge in [-0.25, -0.2) is 8.42 Å². The molecule has 10 heteroatoms. The number of amides is 2. The van der Waals surface area contributed by atoms with Crippen molar-refractivity contribution in [2.24, 2.45) is 0 Å². The van der Waals surface area contributed by atoms with Gasteiger partial charge in [-0.05, 0) is 48.7 Å². The van der Waals surface area contributed by atoms with E-state index in [1.165, 1.54) is 28.4 Å². The molecular weight excluding hydrogens is 530 g/mol. The van der Waals surface area contributed by atoms with Gasteiger partial charge >= 0.3 is 0 Å². The lowest BCUT2D eigenvalue weighted by Gasteiger charge is -2.34. The minimum Gasteiger partial charge on any atom is -0.495 e. The first-order valence-electron chi connectivity index (χ1n) is 13.5. The van der Waals surface area contributed by atoms with Crippen molar-refractivity contribution in [3.8, 4) is 11.5 Å². The number of fused-ring (bicyclic) bond motifs is 1. The van der Waals surface area contributed by atoms with Crippen molar-refractivity contribution in [2.75, 3.05) is 31.6 Å². The van der Waals surface area contributed by atoms with Gasteiger partial charge in [0.15, 0.2) is 6.10 Å². The van der Waals surface area contributed by atoms with E-state index in [2.05, 4.69) is 5.32 Å². The van der Waals surface area contributed by atoms with Gasteiger partial charge in [0.05, 0.1) is 19.3 Å². The Morgan fingerprint density at radius 1 is 0.950 bits per heavy atom. The number of carbonyl (C=O) groups is 2. The molecule has 1 fully saturated rings. The number of anilines is 1. The molecule has 2 aliphatic heterocycles. The lowest BCUT2D eigenvalue weighted by atomic mass is 10.1. The van der Waals surface area contributed by atoms with E-state index in [0.29, 0.717) is 31.1 Å². The SMILES string of the molecule is COc1ccc(C(=O)N2C[C@@H](C(=O)NCc3ccccc3)Oc3ccccc32)cc1S(=O)(=O)N1CCCCCC1. The van der Waals surface area contributed by atoms with Crippen molar-refractivity contribution in [3.05, 3.63) is 83.9 Å². The molecule has 3 aromatic carbocycles. The molecule has 210 valence electrons. The number of nitrogens with one attached hydrogen (secondary N) is 1. The minimum absolute atomic E-state index is 0.0310. The van der Waals surface area contributed by atoms with Gasteiger partial charge in [-0.2, -0.15) is 4.31 Å². The number of para-hydroxylation sites is 2. The molecule has 0 spiro atoms. The van der Waals surface area contributed by atoms with Crippen molar-refractivity contribution in [2.45, 2.75) is 43.2 Å². The summed E-state index contributed by atoms with van der Waals surface area (Å²) in [5, 5.41) is 2.88. The molecule has 0 radical (unpaired) electrons. The number of ether oxygens (including phenoxy) is 2. The van der Waals surface area contributed by atoms with Crippen molar-refractivity contribution < 1.29 is 27.5 Å². The summed E-state index contributed by atoms with van der Waals surface area (Å²) in [6, 6.07) is 20.9. The number of hydrogen-bond donors (Lipinski definition) is 1. The standard InChI is InChI=1S/C30H33N3O6S/c1-38-26-16-15-23(19-28(26)40(36,37)32-17-9-2-3-10-18-32)30(35)33-21-27(39-25-14-8-7-13-24(25)33)29(34)31-20-22-11-5-4-6-12-22/h4-8,11-16,19,27H,2-3,9-10,17-18,20-21H2,1H3,(H,31,34)/t27-/m0/s1. The summed E-state index contributed by atoms with van der Waals surface area (Å²) in [6.07, 6.45) is 2.61. The largest absolute Gasteiger partial charge is 0.495 e. The molecule has 1 N–H and O–H groups in total. The maximum atomic E-state index is 13.9. The number of rotatable bonds is 7. The third-order valence-electron chi connectivity index (χ3n) is 7.21. The quantitative estimate of drug-likeness (QED) is 0.466. The predicted molar refractivity (Wildman–Crippen MR) is 151 cm³/mol. The normalized spacial score (nSPS) is 17.7. The van der Waals surface area contributed by atoms with Crippen LogP contribution in [0.25, 0.3) is 0 Å². The van der Waals surface area contributed by atoms with Gasteiger partial charge in [0.2, 0.25) is 10.0 Å². The molecule has 5 rings (SSSR count). The Morgan fingerprint density at radius 3 is 2.38 bits per heavy atom. The van der Waals surface area contributed by atoms with Crippen molar-refractivity contribution >= 4 is 27.5 Å². The van der Waals surface area contributed by atoms with Crippen molar-refractivity contribution in [3.63, 3.8) is 0 Å². The third-order valence-corrected chi connectivity index (χ3v) is 9.13. The first kappa shape index (κ1) is 27.7. The number of methoxy groups -OCH3 is 1. The molecule has 2 heterocycles. The molecule has 9 nitrogen and oxygen atoms in total. The zero-order valence-electron chi connectivity index (χ0n) is 22.4. The van der Waals surface area contributed by atoms with Gasteiger partial charge in [0, 0.05) is 25.2 Å². The molecule has 40 heavy (non-hydrogen) atoms. The highest BCUT2D eigenvalue weighted by Crippen LogP contribution is 2.35. The van der Waals surface area contributed by atoms with E-state index >= 15 is 0 Å². The lowest BCUT2D eigenvalue weighted by Crippen LogP contribution is -2.50. The van der Waals surface area contributed by atoms with Gasteiger partial charge in [0.1, 0.15) is 16.4 Å². The Morgan fingerprint density at radius 2 is 1.65 bits per heavy atom. The van der Waals surface area contributed by atoms with E-state index in [4.69, 9.17) is 9.47 Å². The highest BCUT2D eigenvalue weighted by atomic mass is 32.2. The Labute approximate surface area is 234 Å². The van der Waals surface area contributed by atoms with E-state index in [1.807, 2.05) is 30.3 Å². The van der Waals surface area contributed by atoms with Gasteiger partial charge in [-0.3, -0.25) is 9.59 Å². The first-order valence-corrected chi connectivity index (χ1v) is 14.9. The predicted octanol–water partition coefficient (Wildman–Crippen LogP) is 3.98. The summed E-state index contributed by atoms with van der Waals surface area (Å²) in [6.45, 7) is 1.16. The average Bonchev–Trinajstić information content (AvgIpc) is 3.29. The molecular formula is C30H33N3O6S. The molecule has 2 aliphatic rings. The molecule has 0 aromatic heterocycles. The highest BCUT2D eigenvalue weighted by Gasteiger charge is 2.35. The summed E-state index contributed by atoms with van der Waals surface area (Å²) in [4.78, 5) is 28.4. The molecule has 3 aromatic rings. The molecule has 0 bridgehead atoms. The zero-order valence-corrected chi connectivity index (χ0v) is 23.2. The van der Waals surface area contributed by atoms with Crippen LogP contribution in [-0.2, 0) is 21.4 Å². The van der Waals surface area contributed by atoms with Gasteiger partial charge in [-0.15, -0.1) is 0 Å². The van der Waals surface area contributed by atoms with Crippen LogP contribution in [-0.4, -0.2) is 57.4 Å². The van der Waals surface area contributed by atoms with Crippen LogP contribution < -0.4 is 19.7 Å². The van der Waals surface area contributed by atoms with Crippen LogP contribution in [0, 0.1) is 0 Å². The van der Waals surface area contributed by atoms with E-state index in [-0.39, 0.29) is 28.7 Å². The summed E-state index contributed by atoms with van der Waals surface area (Å²) in [7, 11) is -2.47. The van der Waals surface area contributed by atoms with Gasteiger partial charge in [-0.1, -0.05) is 55.3 Å². The second-order valence-corrected chi connectivity index (χ2v) is 11.8. The van der Waals surface area contributed by atoms with Crippen LogP contribution in [0.2, 0.25) is 0 Å². The summed E-state index contributed by atoms with van der Waals surface area (Å²) in [5.74, 6) is -0.212. The van der Waals surface area contributed by atoms with Crippen LogP contribution in [0.3, 0.4) is 0 Å². The molecule has 0 aliphatic carbocycles. The number of benzene rings is 3. The Hall–Kier alpha value is -3.89.